The Morgan fingerprint density at radius 3 is 2.62 bits per heavy atom. The van der Waals surface area contributed by atoms with E-state index < -0.39 is 0 Å². The van der Waals surface area contributed by atoms with Gasteiger partial charge in [-0.1, -0.05) is 6.92 Å². The molecule has 124 valence electrons. The van der Waals surface area contributed by atoms with Crippen LogP contribution >= 0.6 is 12.4 Å². The number of hydrogen-bond acceptors (Lipinski definition) is 3. The average molecular weight is 319 g/mol. The Kier molecular flexibility index (Phi) is 9.29. The number of halogens is 1. The summed E-state index contributed by atoms with van der Waals surface area (Å²) in [5.74, 6) is 1.08. The SMILES string of the molecule is CCNCC1CCN(C(=O)CCC2CCCCO2)CC1.Cl. The predicted molar refractivity (Wildman–Crippen MR) is 87.9 cm³/mol. The van der Waals surface area contributed by atoms with Crippen molar-refractivity contribution in [3.8, 4) is 0 Å². The topological polar surface area (TPSA) is 41.6 Å². The maximum Gasteiger partial charge on any atom is 0.222 e. The third-order valence-corrected chi connectivity index (χ3v) is 4.60. The van der Waals surface area contributed by atoms with Crippen LogP contribution in [0, 0.1) is 5.92 Å². The average Bonchev–Trinajstić information content (AvgIpc) is 2.52. The molecule has 0 saturated carbocycles. The lowest BCUT2D eigenvalue weighted by molar-refractivity contribution is -0.133. The number of amides is 1. The van der Waals surface area contributed by atoms with Crippen molar-refractivity contribution in [2.45, 2.75) is 58.0 Å². The molecule has 5 heteroatoms. The molecule has 0 aromatic carbocycles. The van der Waals surface area contributed by atoms with Crippen LogP contribution in [0.1, 0.15) is 51.9 Å². The van der Waals surface area contributed by atoms with Gasteiger partial charge in [0.15, 0.2) is 0 Å². The third kappa shape index (κ3) is 6.54. The summed E-state index contributed by atoms with van der Waals surface area (Å²) in [6.45, 7) is 7.07. The van der Waals surface area contributed by atoms with Gasteiger partial charge in [0, 0.05) is 26.1 Å². The van der Waals surface area contributed by atoms with Gasteiger partial charge in [-0.2, -0.15) is 0 Å². The first-order chi connectivity index (χ1) is 9.79. The summed E-state index contributed by atoms with van der Waals surface area (Å²) in [5, 5.41) is 3.41. The molecule has 2 saturated heterocycles. The highest BCUT2D eigenvalue weighted by Crippen LogP contribution is 2.20. The molecule has 1 N–H and O–H groups in total. The number of nitrogens with one attached hydrogen (secondary N) is 1. The minimum absolute atomic E-state index is 0. The third-order valence-electron chi connectivity index (χ3n) is 4.60. The van der Waals surface area contributed by atoms with Gasteiger partial charge in [-0.05, 0) is 57.5 Å². The van der Waals surface area contributed by atoms with E-state index in [-0.39, 0.29) is 12.4 Å². The van der Waals surface area contributed by atoms with Crippen LogP contribution in [0.15, 0.2) is 0 Å². The number of hydrogen-bond donors (Lipinski definition) is 1. The quantitative estimate of drug-likeness (QED) is 0.818. The van der Waals surface area contributed by atoms with E-state index in [1.54, 1.807) is 0 Å². The summed E-state index contributed by atoms with van der Waals surface area (Å²) in [4.78, 5) is 14.3. The van der Waals surface area contributed by atoms with Crippen LogP contribution in [0.25, 0.3) is 0 Å². The summed E-state index contributed by atoms with van der Waals surface area (Å²) in [7, 11) is 0. The highest BCUT2D eigenvalue weighted by Gasteiger charge is 2.23. The Morgan fingerprint density at radius 2 is 2.00 bits per heavy atom. The van der Waals surface area contributed by atoms with Crippen molar-refractivity contribution in [3.63, 3.8) is 0 Å². The number of nitrogens with zero attached hydrogens (tertiary/aromatic N) is 1. The normalized spacial score (nSPS) is 23.7. The van der Waals surface area contributed by atoms with Crippen molar-refractivity contribution in [2.24, 2.45) is 5.92 Å². The molecule has 2 rings (SSSR count). The van der Waals surface area contributed by atoms with E-state index in [0.29, 0.717) is 18.4 Å². The second-order valence-corrected chi connectivity index (χ2v) is 6.16. The summed E-state index contributed by atoms with van der Waals surface area (Å²) >= 11 is 0. The van der Waals surface area contributed by atoms with E-state index in [9.17, 15) is 4.79 Å². The Labute approximate surface area is 135 Å². The zero-order valence-electron chi connectivity index (χ0n) is 13.3. The molecule has 1 unspecified atom stereocenters. The molecular weight excluding hydrogens is 288 g/mol. The van der Waals surface area contributed by atoms with Gasteiger partial charge in [0.05, 0.1) is 6.10 Å². The van der Waals surface area contributed by atoms with Crippen molar-refractivity contribution in [3.05, 3.63) is 0 Å². The first kappa shape index (κ1) is 18.7. The number of carbonyl (C=O) groups excluding carboxylic acids is 1. The lowest BCUT2D eigenvalue weighted by atomic mass is 9.96. The van der Waals surface area contributed by atoms with Crippen molar-refractivity contribution < 1.29 is 9.53 Å². The number of rotatable bonds is 6. The van der Waals surface area contributed by atoms with E-state index in [4.69, 9.17) is 4.74 Å². The van der Waals surface area contributed by atoms with Crippen LogP contribution in [0.3, 0.4) is 0 Å². The zero-order valence-corrected chi connectivity index (χ0v) is 14.1. The number of piperidine rings is 1. The molecule has 0 radical (unpaired) electrons. The molecule has 0 bridgehead atoms. The molecule has 0 aromatic rings. The monoisotopic (exact) mass is 318 g/mol. The van der Waals surface area contributed by atoms with Gasteiger partial charge < -0.3 is 15.0 Å². The minimum Gasteiger partial charge on any atom is -0.378 e. The van der Waals surface area contributed by atoms with E-state index in [0.717, 1.165) is 64.4 Å². The van der Waals surface area contributed by atoms with E-state index in [2.05, 4.69) is 17.1 Å². The molecule has 0 spiro atoms. The molecule has 0 aliphatic carbocycles. The smallest absolute Gasteiger partial charge is 0.222 e. The van der Waals surface area contributed by atoms with Crippen LogP contribution in [0.5, 0.6) is 0 Å². The molecule has 0 aromatic heterocycles. The fourth-order valence-electron chi connectivity index (χ4n) is 3.21. The summed E-state index contributed by atoms with van der Waals surface area (Å²) in [6.07, 6.45) is 7.80. The Balaban J connectivity index is 0.00000220. The van der Waals surface area contributed by atoms with Gasteiger partial charge in [0.25, 0.3) is 0 Å². The standard InChI is InChI=1S/C16H30N2O2.ClH/c1-2-17-13-14-8-10-18(11-9-14)16(19)7-6-15-5-3-4-12-20-15;/h14-15,17H,2-13H2,1H3;1H. The Bertz CT molecular complexity index is 288. The van der Waals surface area contributed by atoms with Crippen molar-refractivity contribution in [2.75, 3.05) is 32.8 Å². The van der Waals surface area contributed by atoms with Crippen LogP contribution < -0.4 is 5.32 Å². The molecule has 2 aliphatic heterocycles. The fourth-order valence-corrected chi connectivity index (χ4v) is 3.21. The van der Waals surface area contributed by atoms with Crippen molar-refractivity contribution in [1.29, 1.82) is 0 Å². The van der Waals surface area contributed by atoms with Crippen LogP contribution in [-0.2, 0) is 9.53 Å². The largest absolute Gasteiger partial charge is 0.378 e. The molecule has 4 nitrogen and oxygen atoms in total. The first-order valence-corrected chi connectivity index (χ1v) is 8.39. The molecular formula is C16H31ClN2O2. The number of ether oxygens (including phenoxy) is 1. The van der Waals surface area contributed by atoms with Crippen molar-refractivity contribution in [1.82, 2.24) is 10.2 Å². The zero-order chi connectivity index (χ0) is 14.2. The maximum atomic E-state index is 12.2. The van der Waals surface area contributed by atoms with Gasteiger partial charge >= 0.3 is 0 Å². The highest BCUT2D eigenvalue weighted by atomic mass is 35.5. The summed E-state index contributed by atoms with van der Waals surface area (Å²) < 4.78 is 5.70. The van der Waals surface area contributed by atoms with E-state index >= 15 is 0 Å². The van der Waals surface area contributed by atoms with Gasteiger partial charge in [0.2, 0.25) is 5.91 Å². The molecule has 1 atom stereocenters. The number of likely N-dealkylation sites (tertiary alicyclic amines) is 1. The van der Waals surface area contributed by atoms with Gasteiger partial charge in [-0.25, -0.2) is 0 Å². The molecule has 21 heavy (non-hydrogen) atoms. The van der Waals surface area contributed by atoms with Gasteiger partial charge in [-0.15, -0.1) is 12.4 Å². The van der Waals surface area contributed by atoms with Crippen molar-refractivity contribution >= 4 is 18.3 Å². The van der Waals surface area contributed by atoms with Crippen LogP contribution in [0.4, 0.5) is 0 Å². The van der Waals surface area contributed by atoms with Crippen LogP contribution in [-0.4, -0.2) is 49.7 Å². The lowest BCUT2D eigenvalue weighted by Crippen LogP contribution is -2.41. The van der Waals surface area contributed by atoms with Crippen LogP contribution in [0.2, 0.25) is 0 Å². The fraction of sp³-hybridized carbons (Fsp3) is 0.938. The second kappa shape index (κ2) is 10.4. The number of carbonyl (C=O) groups is 1. The van der Waals surface area contributed by atoms with Gasteiger partial charge in [0.1, 0.15) is 0 Å². The highest BCUT2D eigenvalue weighted by molar-refractivity contribution is 5.85. The molecule has 1 amide bonds. The first-order valence-electron chi connectivity index (χ1n) is 8.39. The molecule has 2 fully saturated rings. The van der Waals surface area contributed by atoms with Gasteiger partial charge in [-0.3, -0.25) is 4.79 Å². The Hall–Kier alpha value is -0.320. The predicted octanol–water partition coefficient (Wildman–Crippen LogP) is 2.61. The maximum absolute atomic E-state index is 12.2. The Morgan fingerprint density at radius 1 is 1.24 bits per heavy atom. The molecule has 2 aliphatic rings. The molecule has 2 heterocycles. The second-order valence-electron chi connectivity index (χ2n) is 6.16. The minimum atomic E-state index is 0. The summed E-state index contributed by atoms with van der Waals surface area (Å²) in [6, 6.07) is 0. The van der Waals surface area contributed by atoms with E-state index in [1.807, 2.05) is 0 Å². The van der Waals surface area contributed by atoms with E-state index in [1.165, 1.54) is 12.8 Å². The lowest BCUT2D eigenvalue weighted by Gasteiger charge is -2.32. The summed E-state index contributed by atoms with van der Waals surface area (Å²) in [5.41, 5.74) is 0.